The third-order valence-corrected chi connectivity index (χ3v) is 6.18. The van der Waals surface area contributed by atoms with Crippen molar-refractivity contribution < 1.29 is 31.9 Å². The van der Waals surface area contributed by atoms with E-state index in [1.54, 1.807) is 4.90 Å². The van der Waals surface area contributed by atoms with Gasteiger partial charge in [-0.15, -0.1) is 0 Å². The van der Waals surface area contributed by atoms with E-state index in [0.29, 0.717) is 38.2 Å². The molecule has 10 heteroatoms. The van der Waals surface area contributed by atoms with Gasteiger partial charge >= 0.3 is 6.18 Å². The molecule has 1 fully saturated rings. The van der Waals surface area contributed by atoms with Crippen molar-refractivity contribution in [1.82, 2.24) is 15.1 Å². The third-order valence-electron chi connectivity index (χ3n) is 6.18. The predicted molar refractivity (Wildman–Crippen MR) is 127 cm³/mol. The minimum absolute atomic E-state index is 0.0224. The van der Waals surface area contributed by atoms with Gasteiger partial charge in [0.25, 0.3) is 5.91 Å². The van der Waals surface area contributed by atoms with Crippen LogP contribution in [-0.4, -0.2) is 67.0 Å². The van der Waals surface area contributed by atoms with Crippen molar-refractivity contribution in [3.63, 3.8) is 0 Å². The Bertz CT molecular complexity index is 1020. The van der Waals surface area contributed by atoms with Crippen molar-refractivity contribution in [3.05, 3.63) is 65.5 Å². The van der Waals surface area contributed by atoms with Crippen LogP contribution in [0.4, 0.5) is 17.6 Å². The number of hydrogen-bond acceptors (Lipinski definition) is 4. The molecule has 2 aromatic carbocycles. The molecule has 0 spiro atoms. The number of benzene rings is 2. The second kappa shape index (κ2) is 11.7. The summed E-state index contributed by atoms with van der Waals surface area (Å²) < 4.78 is 58.4. The first kappa shape index (κ1) is 27.4. The van der Waals surface area contributed by atoms with Gasteiger partial charge in [-0.25, -0.2) is 4.39 Å². The van der Waals surface area contributed by atoms with Crippen LogP contribution in [0.1, 0.15) is 30.9 Å². The van der Waals surface area contributed by atoms with E-state index in [4.69, 9.17) is 4.74 Å². The second-order valence-corrected chi connectivity index (χ2v) is 9.04. The molecule has 0 radical (unpaired) electrons. The van der Waals surface area contributed by atoms with Gasteiger partial charge < -0.3 is 19.9 Å². The summed E-state index contributed by atoms with van der Waals surface area (Å²) in [7, 11) is 1.95. The Morgan fingerprint density at radius 3 is 2.14 bits per heavy atom. The molecule has 2 aromatic rings. The van der Waals surface area contributed by atoms with Gasteiger partial charge in [-0.3, -0.25) is 9.59 Å². The number of amides is 2. The summed E-state index contributed by atoms with van der Waals surface area (Å²) >= 11 is 0. The van der Waals surface area contributed by atoms with E-state index < -0.39 is 23.2 Å². The van der Waals surface area contributed by atoms with Gasteiger partial charge in [0, 0.05) is 26.2 Å². The van der Waals surface area contributed by atoms with Gasteiger partial charge in [-0.05, 0) is 55.4 Å². The van der Waals surface area contributed by atoms with E-state index in [1.807, 2.05) is 14.0 Å². The molecule has 0 saturated carbocycles. The summed E-state index contributed by atoms with van der Waals surface area (Å²) in [5.74, 6) is -1.01. The zero-order valence-electron chi connectivity index (χ0n) is 20.4. The van der Waals surface area contributed by atoms with Gasteiger partial charge in [-0.1, -0.05) is 25.5 Å². The Hall–Kier alpha value is -3.14. The lowest BCUT2D eigenvalue weighted by Gasteiger charge is -2.40. The highest BCUT2D eigenvalue weighted by Crippen LogP contribution is 2.32. The monoisotopic (exact) mass is 509 g/mol. The lowest BCUT2D eigenvalue weighted by molar-refractivity contribution is -0.151. The van der Waals surface area contributed by atoms with Crippen LogP contribution >= 0.6 is 0 Å². The van der Waals surface area contributed by atoms with E-state index in [0.717, 1.165) is 12.1 Å². The van der Waals surface area contributed by atoms with Crippen molar-refractivity contribution in [3.8, 4) is 5.75 Å². The van der Waals surface area contributed by atoms with Crippen LogP contribution in [0.3, 0.4) is 0 Å². The molecule has 2 amide bonds. The second-order valence-electron chi connectivity index (χ2n) is 9.04. The van der Waals surface area contributed by atoms with Crippen molar-refractivity contribution in [2.24, 2.45) is 0 Å². The van der Waals surface area contributed by atoms with Crippen molar-refractivity contribution in [1.29, 1.82) is 0 Å². The first-order valence-corrected chi connectivity index (χ1v) is 11.9. The minimum atomic E-state index is -4.50. The highest BCUT2D eigenvalue weighted by molar-refractivity contribution is 5.87. The number of nitrogens with zero attached hydrogens (tertiary/aromatic N) is 2. The number of halogens is 4. The lowest BCUT2D eigenvalue weighted by atomic mass is 9.94. The van der Waals surface area contributed by atoms with Crippen LogP contribution in [0.2, 0.25) is 0 Å². The molecule has 3 rings (SSSR count). The summed E-state index contributed by atoms with van der Waals surface area (Å²) in [5.41, 5.74) is -1.72. The summed E-state index contributed by atoms with van der Waals surface area (Å²) in [5, 5.41) is 2.76. The Morgan fingerprint density at radius 1 is 0.972 bits per heavy atom. The molecule has 36 heavy (non-hydrogen) atoms. The zero-order valence-corrected chi connectivity index (χ0v) is 20.4. The van der Waals surface area contributed by atoms with E-state index in [9.17, 15) is 27.2 Å². The van der Waals surface area contributed by atoms with E-state index in [-0.39, 0.29) is 37.0 Å². The lowest BCUT2D eigenvalue weighted by Crippen LogP contribution is -2.61. The number of alkyl halides is 3. The Balaban J connectivity index is 1.83. The molecule has 1 saturated heterocycles. The van der Waals surface area contributed by atoms with E-state index in [2.05, 4.69) is 10.2 Å². The number of carbonyl (C=O) groups excluding carboxylic acids is 2. The molecule has 0 aliphatic carbocycles. The molecule has 1 atom stereocenters. The number of hydrogen-bond donors (Lipinski definition) is 1. The summed E-state index contributed by atoms with van der Waals surface area (Å²) in [6, 6.07) is 9.70. The van der Waals surface area contributed by atoms with Crippen molar-refractivity contribution >= 4 is 11.8 Å². The predicted octanol–water partition coefficient (Wildman–Crippen LogP) is 3.90. The smallest absolute Gasteiger partial charge is 0.416 e. The largest absolute Gasteiger partial charge is 0.476 e. The molecule has 6 nitrogen and oxygen atoms in total. The van der Waals surface area contributed by atoms with Crippen molar-refractivity contribution in [2.45, 2.75) is 38.0 Å². The standard InChI is InChI=1S/C26H31F4N3O3/c1-3-12-25(24(35)33-15-13-32(2)14-16-33,36-22-10-6-20(7-11-22)26(28,29)30)18-31-23(34)17-19-4-8-21(27)9-5-19/h4-11H,3,12-18H2,1-2H3,(H,31,34). The SMILES string of the molecule is CCCC(CNC(=O)Cc1ccc(F)cc1)(Oc1ccc(C(F)(F)F)cc1)C(=O)N1CCN(C)CC1. The first-order valence-electron chi connectivity index (χ1n) is 11.9. The van der Waals surface area contributed by atoms with Crippen LogP contribution in [0, 0.1) is 5.82 Å². The van der Waals surface area contributed by atoms with Crippen LogP contribution in [0.25, 0.3) is 0 Å². The minimum Gasteiger partial charge on any atom is -0.476 e. The number of rotatable bonds is 9. The fourth-order valence-electron chi connectivity index (χ4n) is 4.13. The maximum Gasteiger partial charge on any atom is 0.416 e. The van der Waals surface area contributed by atoms with Crippen LogP contribution in [0.5, 0.6) is 5.75 Å². The third kappa shape index (κ3) is 7.19. The van der Waals surface area contributed by atoms with E-state index >= 15 is 0 Å². The molecule has 1 aliphatic rings. The average molecular weight is 510 g/mol. The zero-order chi connectivity index (χ0) is 26.3. The summed E-state index contributed by atoms with van der Waals surface area (Å²) in [4.78, 5) is 30.2. The van der Waals surface area contributed by atoms with Crippen LogP contribution < -0.4 is 10.1 Å². The van der Waals surface area contributed by atoms with Crippen LogP contribution in [-0.2, 0) is 22.2 Å². The number of carbonyl (C=O) groups is 2. The highest BCUT2D eigenvalue weighted by Gasteiger charge is 2.44. The van der Waals surface area contributed by atoms with E-state index in [1.165, 1.54) is 36.4 Å². The fraction of sp³-hybridized carbons (Fsp3) is 0.462. The number of likely N-dealkylation sites (N-methyl/N-ethyl adjacent to an activating group) is 1. The molecular weight excluding hydrogens is 478 g/mol. The van der Waals surface area contributed by atoms with Crippen molar-refractivity contribution in [2.75, 3.05) is 39.8 Å². The van der Waals surface area contributed by atoms with Gasteiger partial charge in [-0.2, -0.15) is 13.2 Å². The maximum absolute atomic E-state index is 13.8. The fourth-order valence-corrected chi connectivity index (χ4v) is 4.13. The Morgan fingerprint density at radius 2 is 1.58 bits per heavy atom. The molecule has 1 heterocycles. The Kier molecular flexibility index (Phi) is 8.94. The Labute approximate surface area is 208 Å². The number of piperazine rings is 1. The normalized spacial score (nSPS) is 16.3. The highest BCUT2D eigenvalue weighted by atomic mass is 19.4. The molecule has 1 unspecified atom stereocenters. The van der Waals surface area contributed by atoms with Gasteiger partial charge in [0.1, 0.15) is 11.6 Å². The molecule has 1 aliphatic heterocycles. The van der Waals surface area contributed by atoms with Crippen LogP contribution in [0.15, 0.2) is 48.5 Å². The average Bonchev–Trinajstić information content (AvgIpc) is 2.84. The molecule has 196 valence electrons. The molecular formula is C26H31F4N3O3. The molecule has 0 bridgehead atoms. The molecule has 0 aromatic heterocycles. The van der Waals surface area contributed by atoms with Gasteiger partial charge in [0.2, 0.25) is 11.5 Å². The summed E-state index contributed by atoms with van der Waals surface area (Å²) in [6.45, 7) is 3.99. The topological polar surface area (TPSA) is 61.9 Å². The first-order chi connectivity index (χ1) is 17.0. The molecule has 1 N–H and O–H groups in total. The maximum atomic E-state index is 13.8. The number of ether oxygens (including phenoxy) is 1. The number of nitrogens with one attached hydrogen (secondary N) is 1. The van der Waals surface area contributed by atoms with Gasteiger partial charge in [0.15, 0.2) is 0 Å². The quantitative estimate of drug-likeness (QED) is 0.521. The summed E-state index contributed by atoms with van der Waals surface area (Å²) in [6.07, 6.45) is -3.74. The van der Waals surface area contributed by atoms with Gasteiger partial charge in [0.05, 0.1) is 18.5 Å².